The summed E-state index contributed by atoms with van der Waals surface area (Å²) in [5.74, 6) is 0.516. The van der Waals surface area contributed by atoms with Crippen molar-refractivity contribution in [3.63, 3.8) is 0 Å². The molecule has 0 saturated carbocycles. The number of H-pyrrole nitrogens is 1. The molecule has 4 nitrogen and oxygen atoms in total. The number of benzene rings is 1. The first-order valence-corrected chi connectivity index (χ1v) is 7.37. The molecule has 1 aromatic carbocycles. The van der Waals surface area contributed by atoms with E-state index in [4.69, 9.17) is 0 Å². The second-order valence-electron chi connectivity index (χ2n) is 4.22. The quantitative estimate of drug-likeness (QED) is 0.889. The van der Waals surface area contributed by atoms with Crippen molar-refractivity contribution in [1.29, 1.82) is 0 Å². The Morgan fingerprint density at radius 1 is 1.20 bits per heavy atom. The largest absolute Gasteiger partial charge is 0.358 e. The van der Waals surface area contributed by atoms with Crippen molar-refractivity contribution < 1.29 is 9.59 Å². The van der Waals surface area contributed by atoms with Crippen LogP contribution < -0.4 is 5.32 Å². The second-order valence-corrected chi connectivity index (χ2v) is 5.16. The Kier molecular flexibility index (Phi) is 5.01. The molecular formula is C15H16N2O2S. The maximum absolute atomic E-state index is 11.8. The normalized spacial score (nSPS) is 10.2. The average molecular weight is 288 g/mol. The lowest BCUT2D eigenvalue weighted by atomic mass is 10.1. The Balaban J connectivity index is 1.91. The third kappa shape index (κ3) is 3.74. The highest BCUT2D eigenvalue weighted by Gasteiger charge is 2.08. The number of hydrogen-bond donors (Lipinski definition) is 2. The zero-order valence-corrected chi connectivity index (χ0v) is 12.0. The van der Waals surface area contributed by atoms with Crippen LogP contribution >= 0.6 is 11.8 Å². The minimum Gasteiger partial charge on any atom is -0.358 e. The fraction of sp³-hybridized carbons (Fsp3) is 0.200. The Morgan fingerprint density at radius 3 is 2.55 bits per heavy atom. The summed E-state index contributed by atoms with van der Waals surface area (Å²) >= 11 is 1.24. The van der Waals surface area contributed by atoms with Crippen LogP contribution in [-0.4, -0.2) is 22.6 Å². The zero-order chi connectivity index (χ0) is 14.4. The van der Waals surface area contributed by atoms with E-state index < -0.39 is 0 Å². The van der Waals surface area contributed by atoms with E-state index in [2.05, 4.69) is 10.3 Å². The van der Waals surface area contributed by atoms with Crippen LogP contribution in [0.3, 0.4) is 0 Å². The molecule has 0 radical (unpaired) electrons. The summed E-state index contributed by atoms with van der Waals surface area (Å²) in [6.45, 7) is 2.50. The Hall–Kier alpha value is -2.01. The predicted molar refractivity (Wildman–Crippen MR) is 80.9 cm³/mol. The Labute approximate surface area is 122 Å². The number of carbonyl (C=O) groups excluding carboxylic acids is 2. The lowest BCUT2D eigenvalue weighted by Gasteiger charge is -2.04. The molecule has 2 N–H and O–H groups in total. The van der Waals surface area contributed by atoms with Crippen LogP contribution in [0, 0.1) is 0 Å². The van der Waals surface area contributed by atoms with Gasteiger partial charge in [0.05, 0.1) is 5.69 Å². The predicted octanol–water partition coefficient (Wildman–Crippen LogP) is 2.84. The average Bonchev–Trinajstić information content (AvgIpc) is 3.00. The van der Waals surface area contributed by atoms with E-state index in [1.54, 1.807) is 30.5 Å². The van der Waals surface area contributed by atoms with Crippen molar-refractivity contribution in [1.82, 2.24) is 10.3 Å². The molecule has 0 unspecified atom stereocenters. The SMILES string of the molecule is CCNC(=O)c1ccc(CSC(=O)c2ccc[nH]2)cc1. The summed E-state index contributed by atoms with van der Waals surface area (Å²) < 4.78 is 0. The lowest BCUT2D eigenvalue weighted by molar-refractivity contribution is 0.0955. The van der Waals surface area contributed by atoms with Gasteiger partial charge in [0, 0.05) is 24.1 Å². The Morgan fingerprint density at radius 2 is 1.95 bits per heavy atom. The van der Waals surface area contributed by atoms with Crippen LogP contribution in [0.5, 0.6) is 0 Å². The van der Waals surface area contributed by atoms with Gasteiger partial charge in [0.2, 0.25) is 5.12 Å². The Bertz CT molecular complexity index is 576. The molecule has 1 amide bonds. The number of amides is 1. The van der Waals surface area contributed by atoms with Crippen LogP contribution in [-0.2, 0) is 5.75 Å². The zero-order valence-electron chi connectivity index (χ0n) is 11.2. The summed E-state index contributed by atoms with van der Waals surface area (Å²) in [4.78, 5) is 26.3. The third-order valence-corrected chi connectivity index (χ3v) is 3.70. The maximum Gasteiger partial charge on any atom is 0.251 e. The number of rotatable bonds is 5. The molecule has 0 aliphatic rings. The van der Waals surface area contributed by atoms with Crippen molar-refractivity contribution >= 4 is 22.8 Å². The van der Waals surface area contributed by atoms with E-state index in [-0.39, 0.29) is 11.0 Å². The first-order chi connectivity index (χ1) is 9.70. The van der Waals surface area contributed by atoms with Gasteiger partial charge < -0.3 is 10.3 Å². The van der Waals surface area contributed by atoms with Crippen LogP contribution in [0.25, 0.3) is 0 Å². The molecular weight excluding hydrogens is 272 g/mol. The summed E-state index contributed by atoms with van der Waals surface area (Å²) in [7, 11) is 0. The van der Waals surface area contributed by atoms with Crippen LogP contribution in [0.1, 0.15) is 33.3 Å². The highest BCUT2D eigenvalue weighted by atomic mass is 32.2. The number of thioether (sulfide) groups is 1. The van der Waals surface area contributed by atoms with Gasteiger partial charge in [-0.25, -0.2) is 0 Å². The summed E-state index contributed by atoms with van der Waals surface area (Å²) in [6.07, 6.45) is 1.73. The summed E-state index contributed by atoms with van der Waals surface area (Å²) in [5, 5.41) is 2.76. The van der Waals surface area contributed by atoms with E-state index in [1.165, 1.54) is 11.8 Å². The van der Waals surface area contributed by atoms with Gasteiger partial charge in [0.15, 0.2) is 0 Å². The van der Waals surface area contributed by atoms with Crippen molar-refractivity contribution in [2.45, 2.75) is 12.7 Å². The molecule has 20 heavy (non-hydrogen) atoms. The fourth-order valence-corrected chi connectivity index (χ4v) is 2.47. The number of carbonyl (C=O) groups is 2. The van der Waals surface area contributed by atoms with Gasteiger partial charge in [-0.05, 0) is 36.8 Å². The van der Waals surface area contributed by atoms with Crippen LogP contribution in [0.15, 0.2) is 42.6 Å². The topological polar surface area (TPSA) is 62.0 Å². The molecule has 0 saturated heterocycles. The van der Waals surface area contributed by atoms with E-state index in [0.29, 0.717) is 23.6 Å². The third-order valence-electron chi connectivity index (χ3n) is 2.74. The van der Waals surface area contributed by atoms with E-state index >= 15 is 0 Å². The molecule has 0 spiro atoms. The number of aromatic nitrogens is 1. The molecule has 0 aliphatic carbocycles. The van der Waals surface area contributed by atoms with E-state index in [0.717, 1.165) is 5.56 Å². The minimum absolute atomic E-state index is 0.0165. The molecule has 0 atom stereocenters. The number of hydrogen-bond acceptors (Lipinski definition) is 3. The maximum atomic E-state index is 11.8. The highest BCUT2D eigenvalue weighted by Crippen LogP contribution is 2.17. The monoisotopic (exact) mass is 288 g/mol. The fourth-order valence-electron chi connectivity index (χ4n) is 1.70. The van der Waals surface area contributed by atoms with E-state index in [9.17, 15) is 9.59 Å². The molecule has 0 aliphatic heterocycles. The first kappa shape index (κ1) is 14.4. The van der Waals surface area contributed by atoms with Gasteiger partial charge >= 0.3 is 0 Å². The van der Waals surface area contributed by atoms with Gasteiger partial charge in [-0.2, -0.15) is 0 Å². The number of aromatic amines is 1. The van der Waals surface area contributed by atoms with Crippen molar-refractivity contribution in [2.75, 3.05) is 6.54 Å². The smallest absolute Gasteiger partial charge is 0.251 e. The van der Waals surface area contributed by atoms with Gasteiger partial charge in [-0.3, -0.25) is 9.59 Å². The lowest BCUT2D eigenvalue weighted by Crippen LogP contribution is -2.22. The molecule has 1 heterocycles. The van der Waals surface area contributed by atoms with E-state index in [1.807, 2.05) is 19.1 Å². The van der Waals surface area contributed by atoms with Crippen molar-refractivity contribution in [3.8, 4) is 0 Å². The summed E-state index contributed by atoms with van der Waals surface area (Å²) in [6, 6.07) is 10.9. The van der Waals surface area contributed by atoms with Crippen molar-refractivity contribution in [3.05, 3.63) is 59.4 Å². The minimum atomic E-state index is -0.0748. The first-order valence-electron chi connectivity index (χ1n) is 6.38. The molecule has 0 fully saturated rings. The highest BCUT2D eigenvalue weighted by molar-refractivity contribution is 8.13. The van der Waals surface area contributed by atoms with Gasteiger partial charge in [-0.1, -0.05) is 23.9 Å². The van der Waals surface area contributed by atoms with Crippen molar-refractivity contribution in [2.24, 2.45) is 0 Å². The molecule has 2 rings (SSSR count). The standard InChI is InChI=1S/C15H16N2O2S/c1-2-16-14(18)12-7-5-11(6-8-12)10-20-15(19)13-4-3-9-17-13/h3-9,17H,2,10H2,1H3,(H,16,18). The van der Waals surface area contributed by atoms with Gasteiger partial charge in [0.1, 0.15) is 0 Å². The molecule has 2 aromatic rings. The summed E-state index contributed by atoms with van der Waals surface area (Å²) in [5.41, 5.74) is 2.26. The second kappa shape index (κ2) is 6.96. The number of nitrogens with one attached hydrogen (secondary N) is 2. The molecule has 0 bridgehead atoms. The van der Waals surface area contributed by atoms with Gasteiger partial charge in [0.25, 0.3) is 5.91 Å². The molecule has 1 aromatic heterocycles. The van der Waals surface area contributed by atoms with Crippen LogP contribution in [0.2, 0.25) is 0 Å². The molecule has 5 heteroatoms. The molecule has 104 valence electrons. The van der Waals surface area contributed by atoms with Gasteiger partial charge in [-0.15, -0.1) is 0 Å². The van der Waals surface area contributed by atoms with Crippen LogP contribution in [0.4, 0.5) is 0 Å².